The van der Waals surface area contributed by atoms with E-state index in [9.17, 15) is 22.8 Å². The van der Waals surface area contributed by atoms with E-state index in [1.165, 1.54) is 12.1 Å². The minimum Gasteiger partial charge on any atom is -0.494 e. The first kappa shape index (κ1) is 22.5. The molecule has 31 heavy (non-hydrogen) atoms. The van der Waals surface area contributed by atoms with Crippen molar-refractivity contribution < 1.29 is 32.2 Å². The van der Waals surface area contributed by atoms with Crippen LogP contribution in [0.1, 0.15) is 18.9 Å². The number of ether oxygens (including phenoxy) is 2. The highest BCUT2D eigenvalue weighted by Crippen LogP contribution is 2.31. The van der Waals surface area contributed by atoms with Gasteiger partial charge < -0.3 is 19.7 Å². The van der Waals surface area contributed by atoms with E-state index in [0.29, 0.717) is 19.6 Å². The van der Waals surface area contributed by atoms with Crippen molar-refractivity contribution in [2.24, 2.45) is 5.92 Å². The van der Waals surface area contributed by atoms with Crippen molar-refractivity contribution >= 4 is 17.5 Å². The molecule has 0 spiro atoms. The molecule has 166 valence electrons. The first-order valence-corrected chi connectivity index (χ1v) is 9.86. The second-order valence-electron chi connectivity index (χ2n) is 7.12. The lowest BCUT2D eigenvalue weighted by Crippen LogP contribution is -2.34. The van der Waals surface area contributed by atoms with Gasteiger partial charge in [0.2, 0.25) is 5.91 Å². The van der Waals surface area contributed by atoms with Crippen LogP contribution < -0.4 is 19.7 Å². The molecule has 0 aromatic heterocycles. The van der Waals surface area contributed by atoms with Gasteiger partial charge >= 0.3 is 6.18 Å². The third-order valence-electron chi connectivity index (χ3n) is 4.78. The number of benzene rings is 2. The molecular formula is C22H23F3N2O4. The Kier molecular flexibility index (Phi) is 7.04. The second-order valence-corrected chi connectivity index (χ2v) is 7.12. The van der Waals surface area contributed by atoms with Gasteiger partial charge in [-0.05, 0) is 49.4 Å². The van der Waals surface area contributed by atoms with E-state index in [2.05, 4.69) is 5.32 Å². The maximum atomic E-state index is 12.7. The number of halogens is 3. The number of carbonyl (C=O) groups excluding carboxylic acids is 2. The van der Waals surface area contributed by atoms with Crippen molar-refractivity contribution in [2.75, 3.05) is 31.2 Å². The highest BCUT2D eigenvalue weighted by Gasteiger charge is 2.31. The SMILES string of the molecule is CCOc1ccc(N2CC(CNC(=O)COc3cccc(C(F)(F)F)c3)CC2=O)cc1. The summed E-state index contributed by atoms with van der Waals surface area (Å²) in [5.74, 6) is 0.106. The van der Waals surface area contributed by atoms with Gasteiger partial charge in [-0.3, -0.25) is 9.59 Å². The Hall–Kier alpha value is -3.23. The fourth-order valence-electron chi connectivity index (χ4n) is 3.28. The molecule has 2 amide bonds. The number of nitrogens with zero attached hydrogens (tertiary/aromatic N) is 1. The van der Waals surface area contributed by atoms with Crippen LogP contribution in [0.2, 0.25) is 0 Å². The summed E-state index contributed by atoms with van der Waals surface area (Å²) in [5.41, 5.74) is -0.0839. The summed E-state index contributed by atoms with van der Waals surface area (Å²) < 4.78 is 48.7. The maximum absolute atomic E-state index is 12.7. The summed E-state index contributed by atoms with van der Waals surface area (Å²) in [6.07, 6.45) is -4.19. The zero-order valence-corrected chi connectivity index (χ0v) is 16.9. The van der Waals surface area contributed by atoms with Crippen molar-refractivity contribution in [3.05, 3.63) is 54.1 Å². The van der Waals surface area contributed by atoms with Crippen molar-refractivity contribution in [1.82, 2.24) is 5.32 Å². The van der Waals surface area contributed by atoms with Crippen LogP contribution in [0.3, 0.4) is 0 Å². The summed E-state index contributed by atoms with van der Waals surface area (Å²) in [6, 6.07) is 11.6. The molecule has 1 aliphatic rings. The molecule has 1 saturated heterocycles. The maximum Gasteiger partial charge on any atom is 0.416 e. The minimum absolute atomic E-state index is 0.0383. The van der Waals surface area contributed by atoms with E-state index < -0.39 is 24.3 Å². The van der Waals surface area contributed by atoms with Gasteiger partial charge in [-0.25, -0.2) is 0 Å². The Morgan fingerprint density at radius 3 is 2.55 bits per heavy atom. The van der Waals surface area contributed by atoms with Gasteiger partial charge in [0.25, 0.3) is 5.91 Å². The van der Waals surface area contributed by atoms with E-state index in [4.69, 9.17) is 9.47 Å². The molecule has 0 bridgehead atoms. The summed E-state index contributed by atoms with van der Waals surface area (Å²) in [7, 11) is 0. The Bertz CT molecular complexity index is 916. The number of hydrogen-bond acceptors (Lipinski definition) is 4. The highest BCUT2D eigenvalue weighted by atomic mass is 19.4. The molecule has 0 saturated carbocycles. The third kappa shape index (κ3) is 6.13. The minimum atomic E-state index is -4.48. The molecular weight excluding hydrogens is 413 g/mol. The first-order valence-electron chi connectivity index (χ1n) is 9.86. The molecule has 1 fully saturated rings. The lowest BCUT2D eigenvalue weighted by Gasteiger charge is -2.17. The van der Waals surface area contributed by atoms with Gasteiger partial charge in [0.1, 0.15) is 11.5 Å². The van der Waals surface area contributed by atoms with Crippen LogP contribution in [-0.4, -0.2) is 38.1 Å². The smallest absolute Gasteiger partial charge is 0.416 e. The lowest BCUT2D eigenvalue weighted by atomic mass is 10.1. The van der Waals surface area contributed by atoms with Gasteiger partial charge in [-0.2, -0.15) is 13.2 Å². The number of carbonyl (C=O) groups is 2. The van der Waals surface area contributed by atoms with Gasteiger partial charge in [0.05, 0.1) is 12.2 Å². The summed E-state index contributed by atoms with van der Waals surface area (Å²) in [6.45, 7) is 2.76. The Morgan fingerprint density at radius 2 is 1.87 bits per heavy atom. The van der Waals surface area contributed by atoms with Gasteiger partial charge in [-0.15, -0.1) is 0 Å². The molecule has 2 aromatic carbocycles. The van der Waals surface area contributed by atoms with Crippen molar-refractivity contribution in [3.63, 3.8) is 0 Å². The second kappa shape index (κ2) is 9.72. The number of nitrogens with one attached hydrogen (secondary N) is 1. The number of alkyl halides is 3. The van der Waals surface area contributed by atoms with Crippen LogP contribution >= 0.6 is 0 Å². The van der Waals surface area contributed by atoms with E-state index in [-0.39, 0.29) is 24.1 Å². The molecule has 0 radical (unpaired) electrons. The highest BCUT2D eigenvalue weighted by molar-refractivity contribution is 5.95. The number of rotatable bonds is 8. The quantitative estimate of drug-likeness (QED) is 0.686. The Balaban J connectivity index is 1.46. The third-order valence-corrected chi connectivity index (χ3v) is 4.78. The van der Waals surface area contributed by atoms with Gasteiger partial charge in [0, 0.05) is 31.1 Å². The summed E-state index contributed by atoms with van der Waals surface area (Å²) in [5, 5.41) is 2.67. The van der Waals surface area contributed by atoms with Gasteiger partial charge in [0.15, 0.2) is 6.61 Å². The monoisotopic (exact) mass is 436 g/mol. The number of amides is 2. The normalized spacial score (nSPS) is 16.3. The van der Waals surface area contributed by atoms with E-state index in [1.54, 1.807) is 17.0 Å². The van der Waals surface area contributed by atoms with Crippen molar-refractivity contribution in [3.8, 4) is 11.5 Å². The zero-order chi connectivity index (χ0) is 22.4. The number of hydrogen-bond donors (Lipinski definition) is 1. The van der Waals surface area contributed by atoms with Crippen LogP contribution in [-0.2, 0) is 15.8 Å². The average molecular weight is 436 g/mol. The van der Waals surface area contributed by atoms with Crippen LogP contribution in [0, 0.1) is 5.92 Å². The first-order chi connectivity index (χ1) is 14.8. The molecule has 9 heteroatoms. The fourth-order valence-corrected chi connectivity index (χ4v) is 3.28. The van der Waals surface area contributed by atoms with Crippen LogP contribution in [0.25, 0.3) is 0 Å². The fraction of sp³-hybridized carbons (Fsp3) is 0.364. The summed E-state index contributed by atoms with van der Waals surface area (Å²) >= 11 is 0. The average Bonchev–Trinajstić information content (AvgIpc) is 3.12. The van der Waals surface area contributed by atoms with E-state index >= 15 is 0 Å². The lowest BCUT2D eigenvalue weighted by molar-refractivity contribution is -0.137. The van der Waals surface area contributed by atoms with E-state index in [0.717, 1.165) is 23.6 Å². The molecule has 0 aliphatic carbocycles. The molecule has 1 N–H and O–H groups in total. The summed E-state index contributed by atoms with van der Waals surface area (Å²) in [4.78, 5) is 26.0. The van der Waals surface area contributed by atoms with Crippen molar-refractivity contribution in [2.45, 2.75) is 19.5 Å². The van der Waals surface area contributed by atoms with Crippen LogP contribution in [0.4, 0.5) is 18.9 Å². The predicted molar refractivity (Wildman–Crippen MR) is 108 cm³/mol. The predicted octanol–water partition coefficient (Wildman–Crippen LogP) is 3.65. The van der Waals surface area contributed by atoms with Crippen LogP contribution in [0.15, 0.2) is 48.5 Å². The van der Waals surface area contributed by atoms with Crippen molar-refractivity contribution in [1.29, 1.82) is 0 Å². The topological polar surface area (TPSA) is 67.9 Å². The largest absolute Gasteiger partial charge is 0.494 e. The molecule has 1 aliphatic heterocycles. The molecule has 1 heterocycles. The van der Waals surface area contributed by atoms with Gasteiger partial charge in [-0.1, -0.05) is 6.07 Å². The molecule has 1 unspecified atom stereocenters. The molecule has 6 nitrogen and oxygen atoms in total. The molecule has 2 aromatic rings. The number of anilines is 1. The Morgan fingerprint density at radius 1 is 1.13 bits per heavy atom. The Labute approximate surface area is 177 Å². The zero-order valence-electron chi connectivity index (χ0n) is 16.9. The standard InChI is InChI=1S/C22H23F3N2O4/c1-2-30-18-8-6-17(7-9-18)27-13-15(10-21(27)29)12-26-20(28)14-31-19-5-3-4-16(11-19)22(23,24)25/h3-9,11,15H,2,10,12-14H2,1H3,(H,26,28). The van der Waals surface area contributed by atoms with E-state index in [1.807, 2.05) is 19.1 Å². The molecule has 1 atom stereocenters. The van der Waals surface area contributed by atoms with Crippen LogP contribution in [0.5, 0.6) is 11.5 Å². The molecule has 3 rings (SSSR count).